The second kappa shape index (κ2) is 6.83. The number of anilines is 1. The van der Waals surface area contributed by atoms with E-state index in [4.69, 9.17) is 5.84 Å². The summed E-state index contributed by atoms with van der Waals surface area (Å²) < 4.78 is 0.746. The van der Waals surface area contributed by atoms with Gasteiger partial charge >= 0.3 is 0 Å². The number of carbonyl (C=O) groups is 1. The van der Waals surface area contributed by atoms with Crippen molar-refractivity contribution in [2.24, 2.45) is 5.84 Å². The minimum atomic E-state index is -0.166. The van der Waals surface area contributed by atoms with Crippen LogP contribution in [0.4, 0.5) is 5.82 Å². The van der Waals surface area contributed by atoms with Gasteiger partial charge in [0.2, 0.25) is 0 Å². The number of hydrazine groups is 1. The molecule has 0 radical (unpaired) electrons. The number of nitrogens with one attached hydrogen (secondary N) is 2. The van der Waals surface area contributed by atoms with Crippen LogP contribution in [-0.2, 0) is 0 Å². The number of halogens is 1. The second-order valence-corrected chi connectivity index (χ2v) is 5.41. The second-order valence-electron chi connectivity index (χ2n) is 4.50. The first kappa shape index (κ1) is 14.2. The number of nitrogen functional groups attached to an aromatic ring is 1. The third-order valence-corrected chi connectivity index (χ3v) is 3.58. The van der Waals surface area contributed by atoms with Crippen LogP contribution in [0.2, 0.25) is 0 Å². The molecule has 0 aromatic carbocycles. The van der Waals surface area contributed by atoms with Crippen LogP contribution in [0.3, 0.4) is 0 Å². The molecule has 1 amide bonds. The van der Waals surface area contributed by atoms with Crippen molar-refractivity contribution >= 4 is 27.7 Å². The molecular weight excluding hydrogens is 310 g/mol. The molecule has 1 fully saturated rings. The van der Waals surface area contributed by atoms with Gasteiger partial charge < -0.3 is 15.6 Å². The maximum atomic E-state index is 12.1. The standard InChI is InChI=1S/C12H18BrN5O/c13-9-7-10(11(17-14)16-8-9)12(19)15-3-6-18-4-1-2-5-18/h7-8H,1-6,14H2,(H,15,19)(H,16,17). The van der Waals surface area contributed by atoms with E-state index in [-0.39, 0.29) is 5.91 Å². The van der Waals surface area contributed by atoms with Crippen LogP contribution in [0.5, 0.6) is 0 Å². The van der Waals surface area contributed by atoms with Crippen molar-refractivity contribution in [2.75, 3.05) is 31.6 Å². The predicted octanol–water partition coefficient (Wildman–Crippen LogP) is 0.955. The van der Waals surface area contributed by atoms with Gasteiger partial charge in [0.15, 0.2) is 5.82 Å². The third kappa shape index (κ3) is 3.89. The van der Waals surface area contributed by atoms with Gasteiger partial charge in [-0.15, -0.1) is 0 Å². The Bertz CT molecular complexity index is 448. The maximum Gasteiger partial charge on any atom is 0.255 e. The molecule has 0 spiro atoms. The summed E-state index contributed by atoms with van der Waals surface area (Å²) in [7, 11) is 0. The summed E-state index contributed by atoms with van der Waals surface area (Å²) in [4.78, 5) is 18.5. The summed E-state index contributed by atoms with van der Waals surface area (Å²) in [5.41, 5.74) is 2.87. The summed E-state index contributed by atoms with van der Waals surface area (Å²) in [6.45, 7) is 3.78. The van der Waals surface area contributed by atoms with Gasteiger partial charge in [0.1, 0.15) is 0 Å². The predicted molar refractivity (Wildman–Crippen MR) is 77.8 cm³/mol. The van der Waals surface area contributed by atoms with Crippen LogP contribution < -0.4 is 16.6 Å². The van der Waals surface area contributed by atoms with Crippen LogP contribution in [0.1, 0.15) is 23.2 Å². The molecule has 19 heavy (non-hydrogen) atoms. The first-order chi connectivity index (χ1) is 9.20. The van der Waals surface area contributed by atoms with Crippen molar-refractivity contribution in [3.05, 3.63) is 22.3 Å². The first-order valence-corrected chi connectivity index (χ1v) is 7.12. The fourth-order valence-corrected chi connectivity index (χ4v) is 2.49. The number of nitrogens with zero attached hydrogens (tertiary/aromatic N) is 2. The van der Waals surface area contributed by atoms with E-state index in [1.54, 1.807) is 12.3 Å². The van der Waals surface area contributed by atoms with E-state index >= 15 is 0 Å². The molecule has 1 aliphatic heterocycles. The number of hydrogen-bond acceptors (Lipinski definition) is 5. The molecule has 1 aliphatic rings. The van der Waals surface area contributed by atoms with Crippen molar-refractivity contribution in [2.45, 2.75) is 12.8 Å². The highest BCUT2D eigenvalue weighted by Crippen LogP contribution is 2.17. The van der Waals surface area contributed by atoms with E-state index in [1.165, 1.54) is 12.8 Å². The number of aromatic nitrogens is 1. The van der Waals surface area contributed by atoms with Gasteiger partial charge in [0.05, 0.1) is 5.56 Å². The van der Waals surface area contributed by atoms with Gasteiger partial charge in [0, 0.05) is 23.8 Å². The van der Waals surface area contributed by atoms with Crippen LogP contribution in [-0.4, -0.2) is 42.0 Å². The molecule has 0 saturated carbocycles. The van der Waals surface area contributed by atoms with Gasteiger partial charge in [-0.2, -0.15) is 0 Å². The van der Waals surface area contributed by atoms with Crippen LogP contribution >= 0.6 is 15.9 Å². The normalized spacial score (nSPS) is 15.5. The van der Waals surface area contributed by atoms with Crippen LogP contribution in [0.25, 0.3) is 0 Å². The van der Waals surface area contributed by atoms with E-state index in [9.17, 15) is 4.79 Å². The minimum Gasteiger partial charge on any atom is -0.351 e. The van der Waals surface area contributed by atoms with Gasteiger partial charge in [0.25, 0.3) is 5.91 Å². The molecule has 0 atom stereocenters. The largest absolute Gasteiger partial charge is 0.351 e. The Hall–Kier alpha value is -1.18. The number of amides is 1. The zero-order valence-electron chi connectivity index (χ0n) is 10.7. The molecule has 0 bridgehead atoms. The fraction of sp³-hybridized carbons (Fsp3) is 0.500. The molecule has 104 valence electrons. The monoisotopic (exact) mass is 327 g/mol. The number of carbonyl (C=O) groups excluding carboxylic acids is 1. The SMILES string of the molecule is NNc1ncc(Br)cc1C(=O)NCCN1CCCC1. The molecule has 4 N–H and O–H groups in total. The smallest absolute Gasteiger partial charge is 0.255 e. The Balaban J connectivity index is 1.89. The van der Waals surface area contributed by atoms with E-state index < -0.39 is 0 Å². The van der Waals surface area contributed by atoms with E-state index in [0.717, 1.165) is 24.1 Å². The molecular formula is C12H18BrN5O. The average molecular weight is 328 g/mol. The van der Waals surface area contributed by atoms with Crippen molar-refractivity contribution in [3.63, 3.8) is 0 Å². The van der Waals surface area contributed by atoms with Crippen LogP contribution in [0, 0.1) is 0 Å². The van der Waals surface area contributed by atoms with Crippen LogP contribution in [0.15, 0.2) is 16.7 Å². The quantitative estimate of drug-likeness (QED) is 0.554. The topological polar surface area (TPSA) is 83.3 Å². The minimum absolute atomic E-state index is 0.166. The Morgan fingerprint density at radius 1 is 1.47 bits per heavy atom. The first-order valence-electron chi connectivity index (χ1n) is 6.33. The molecule has 0 aliphatic carbocycles. The molecule has 1 aromatic heterocycles. The van der Waals surface area contributed by atoms with Crippen molar-refractivity contribution in [1.82, 2.24) is 15.2 Å². The highest BCUT2D eigenvalue weighted by Gasteiger charge is 2.14. The highest BCUT2D eigenvalue weighted by atomic mass is 79.9. The van der Waals surface area contributed by atoms with E-state index in [2.05, 4.69) is 36.6 Å². The Morgan fingerprint density at radius 2 is 2.21 bits per heavy atom. The lowest BCUT2D eigenvalue weighted by Crippen LogP contribution is -2.34. The van der Waals surface area contributed by atoms with Crippen molar-refractivity contribution in [1.29, 1.82) is 0 Å². The summed E-state index contributed by atoms with van der Waals surface area (Å²) in [6.07, 6.45) is 4.10. The summed E-state index contributed by atoms with van der Waals surface area (Å²) in [5, 5.41) is 2.89. The lowest BCUT2D eigenvalue weighted by molar-refractivity contribution is 0.0950. The third-order valence-electron chi connectivity index (χ3n) is 3.15. The molecule has 6 nitrogen and oxygen atoms in total. The number of rotatable bonds is 5. The Labute approximate surface area is 120 Å². The Kier molecular flexibility index (Phi) is 5.12. The molecule has 7 heteroatoms. The van der Waals surface area contributed by atoms with E-state index in [0.29, 0.717) is 17.9 Å². The van der Waals surface area contributed by atoms with Gasteiger partial charge in [-0.3, -0.25) is 4.79 Å². The summed E-state index contributed by atoms with van der Waals surface area (Å²) in [6, 6.07) is 1.70. The zero-order valence-corrected chi connectivity index (χ0v) is 12.2. The number of hydrogen-bond donors (Lipinski definition) is 3. The Morgan fingerprint density at radius 3 is 2.89 bits per heavy atom. The number of likely N-dealkylation sites (tertiary alicyclic amines) is 1. The molecule has 1 aromatic rings. The van der Waals surface area contributed by atoms with Gasteiger partial charge in [-0.05, 0) is 47.9 Å². The molecule has 1 saturated heterocycles. The molecule has 2 rings (SSSR count). The number of pyridine rings is 1. The fourth-order valence-electron chi connectivity index (χ4n) is 2.16. The van der Waals surface area contributed by atoms with E-state index in [1.807, 2.05) is 0 Å². The summed E-state index contributed by atoms with van der Waals surface area (Å²) in [5.74, 6) is 5.56. The molecule has 2 heterocycles. The lowest BCUT2D eigenvalue weighted by atomic mass is 10.2. The van der Waals surface area contributed by atoms with Gasteiger partial charge in [-0.1, -0.05) is 0 Å². The zero-order chi connectivity index (χ0) is 13.7. The number of nitrogens with two attached hydrogens (primary N) is 1. The van der Waals surface area contributed by atoms with Crippen molar-refractivity contribution < 1.29 is 4.79 Å². The molecule has 0 unspecified atom stereocenters. The van der Waals surface area contributed by atoms with Crippen molar-refractivity contribution in [3.8, 4) is 0 Å². The van der Waals surface area contributed by atoms with Gasteiger partial charge in [-0.25, -0.2) is 10.8 Å². The highest BCUT2D eigenvalue weighted by molar-refractivity contribution is 9.10. The maximum absolute atomic E-state index is 12.1. The summed E-state index contributed by atoms with van der Waals surface area (Å²) >= 11 is 3.30. The lowest BCUT2D eigenvalue weighted by Gasteiger charge is -2.15. The average Bonchev–Trinajstić information content (AvgIpc) is 2.91.